The van der Waals surface area contributed by atoms with Crippen LogP contribution in [0.2, 0.25) is 0 Å². The van der Waals surface area contributed by atoms with Crippen molar-refractivity contribution in [2.24, 2.45) is 5.41 Å². The van der Waals surface area contributed by atoms with Crippen LogP contribution in [0.15, 0.2) is 36.4 Å². The van der Waals surface area contributed by atoms with E-state index in [0.717, 1.165) is 69.3 Å². The van der Waals surface area contributed by atoms with Gasteiger partial charge < -0.3 is 44.8 Å². The van der Waals surface area contributed by atoms with Gasteiger partial charge in [0.05, 0.1) is 57.4 Å². The highest BCUT2D eigenvalue weighted by atomic mass is 32.1. The Labute approximate surface area is 557 Å². The van der Waals surface area contributed by atoms with Crippen molar-refractivity contribution in [1.82, 2.24) is 0 Å². The lowest BCUT2D eigenvalue weighted by molar-refractivity contribution is -0.144. The minimum absolute atomic E-state index is 0.156. The maximum absolute atomic E-state index is 12.2. The van der Waals surface area contributed by atoms with Crippen LogP contribution in [0.5, 0.6) is 17.2 Å². The van der Waals surface area contributed by atoms with E-state index in [-0.39, 0.29) is 122 Å². The largest absolute Gasteiger partial charge is 0.507 e. The summed E-state index contributed by atoms with van der Waals surface area (Å²) in [6, 6.07) is 11.3. The Bertz CT molecular complexity index is 2390. The highest BCUT2D eigenvalue weighted by molar-refractivity contribution is 7.97. The Morgan fingerprint density at radius 1 is 0.367 bits per heavy atom. The average Bonchev–Trinajstić information content (AvgIpc) is 0.814. The highest BCUT2D eigenvalue weighted by Gasteiger charge is 2.34. The molecule has 3 aromatic carbocycles. The van der Waals surface area contributed by atoms with Crippen molar-refractivity contribution in [3.8, 4) is 17.2 Å². The molecule has 0 fully saturated rings. The maximum Gasteiger partial charge on any atom is 0.305 e. The topological polar surface area (TPSA) is 251 Å². The van der Waals surface area contributed by atoms with Gasteiger partial charge in [-0.15, -0.1) is 37.9 Å². The van der Waals surface area contributed by atoms with Gasteiger partial charge in [-0.1, -0.05) is 189 Å². The molecule has 0 bridgehead atoms. The van der Waals surface area contributed by atoms with Gasteiger partial charge >= 0.3 is 17.9 Å². The predicted octanol–water partition coefficient (Wildman–Crippen LogP) is 15.1. The number of ether oxygens (including phenoxy) is 3. The van der Waals surface area contributed by atoms with Gasteiger partial charge in [0.2, 0.25) is 0 Å². The number of carbonyl (C=O) groups is 6. The van der Waals surface area contributed by atoms with E-state index in [1.807, 2.05) is 189 Å². The van der Waals surface area contributed by atoms with Crippen LogP contribution in [0.4, 0.5) is 0 Å². The molecule has 0 amide bonds. The first kappa shape index (κ1) is 85.4. The molecule has 0 saturated carbocycles. The third-order valence-electron chi connectivity index (χ3n) is 15.4. The van der Waals surface area contributed by atoms with Crippen molar-refractivity contribution < 1.29 is 73.6 Å². The number of hydrogen-bond donors (Lipinski definition) is 9. The summed E-state index contributed by atoms with van der Waals surface area (Å²) in [7, 11) is 0. The lowest BCUT2D eigenvalue weighted by Crippen LogP contribution is -2.32. The molecule has 0 aliphatic heterocycles. The van der Waals surface area contributed by atoms with Crippen molar-refractivity contribution in [1.29, 1.82) is 0 Å². The Morgan fingerprint density at radius 2 is 0.544 bits per heavy atom. The normalized spacial score (nSPS) is 13.2. The zero-order chi connectivity index (χ0) is 70.3. The van der Waals surface area contributed by atoms with Crippen LogP contribution in [-0.4, -0.2) is 104 Å². The summed E-state index contributed by atoms with van der Waals surface area (Å²) >= 11 is 12.2. The predicted molar refractivity (Wildman–Crippen MR) is 372 cm³/mol. The molecule has 3 atom stereocenters. The first-order valence-corrected chi connectivity index (χ1v) is 33.1. The third kappa shape index (κ3) is 27.9. The van der Waals surface area contributed by atoms with Crippen molar-refractivity contribution in [3.05, 3.63) is 86.5 Å². The van der Waals surface area contributed by atoms with Crippen molar-refractivity contribution in [2.75, 3.05) is 39.6 Å². The van der Waals surface area contributed by atoms with E-state index in [0.29, 0.717) is 45.5 Å². The monoisotopic (exact) mass is 1320 g/mol. The van der Waals surface area contributed by atoms with E-state index >= 15 is 0 Å². The summed E-state index contributed by atoms with van der Waals surface area (Å²) in [5.74, 6) is -1.67. The molecular weight excluding hydrogens is 1200 g/mol. The van der Waals surface area contributed by atoms with Crippen LogP contribution in [0.1, 0.15) is 284 Å². The van der Waals surface area contributed by atoms with Crippen LogP contribution in [0, 0.1) is 5.41 Å². The van der Waals surface area contributed by atoms with Gasteiger partial charge in [-0.2, -0.15) is 0 Å². The van der Waals surface area contributed by atoms with E-state index in [4.69, 9.17) is 29.5 Å². The van der Waals surface area contributed by atoms with Crippen LogP contribution < -0.4 is 0 Å². The number of esters is 3. The highest BCUT2D eigenvalue weighted by Crippen LogP contribution is 2.45. The lowest BCUT2D eigenvalue weighted by atomic mass is 9.76. The number of aliphatic hydroxyl groups is 3. The van der Waals surface area contributed by atoms with Crippen molar-refractivity contribution >= 4 is 71.1 Å². The van der Waals surface area contributed by atoms with Gasteiger partial charge in [0, 0.05) is 24.7 Å². The molecule has 0 aliphatic carbocycles. The Hall–Kier alpha value is -4.59. The first-order chi connectivity index (χ1) is 41.1. The smallest absolute Gasteiger partial charge is 0.305 e. The number of rotatable bonds is 25. The Balaban J connectivity index is 0.00000123. The third-order valence-corrected chi connectivity index (χ3v) is 16.4. The fourth-order valence-electron chi connectivity index (χ4n) is 9.44. The number of phenolic OH excluding ortho intramolecular Hbond substituents is 3. The molecule has 18 heteroatoms. The lowest BCUT2D eigenvalue weighted by Gasteiger charge is -2.29. The van der Waals surface area contributed by atoms with E-state index < -0.39 is 23.2 Å². The molecule has 0 aromatic heterocycles. The molecule has 90 heavy (non-hydrogen) atoms. The second kappa shape index (κ2) is 37.3. The van der Waals surface area contributed by atoms with Crippen molar-refractivity contribution in [3.63, 3.8) is 0 Å². The Morgan fingerprint density at radius 3 is 0.656 bits per heavy atom. The number of benzene rings is 3. The van der Waals surface area contributed by atoms with Gasteiger partial charge in [-0.05, 0) is 128 Å². The molecule has 0 radical (unpaired) electrons. The Kier molecular flexibility index (Phi) is 35.4. The zero-order valence-corrected chi connectivity index (χ0v) is 61.4. The molecule has 0 saturated heterocycles. The first-order valence-electron chi connectivity index (χ1n) is 31.7. The van der Waals surface area contributed by atoms with Crippen molar-refractivity contribution in [2.45, 2.75) is 267 Å². The van der Waals surface area contributed by atoms with Gasteiger partial charge in [-0.3, -0.25) is 28.8 Å². The number of thiol groups is 3. The number of aliphatic hydroxyl groups excluding tert-OH is 3. The minimum atomic E-state index is -0.667. The number of carbonyl (C=O) groups excluding carboxylic acids is 6. The molecule has 15 nitrogen and oxygen atoms in total. The summed E-state index contributed by atoms with van der Waals surface area (Å²) in [6.45, 7) is 44.8. The molecule has 6 N–H and O–H groups in total. The minimum Gasteiger partial charge on any atom is -0.507 e. The van der Waals surface area contributed by atoms with Crippen LogP contribution in [0.25, 0.3) is 0 Å². The molecule has 512 valence electrons. The standard InChI is InChI=1S/3C22H34O4S.C6H14O3/c3*1-8-11-26-18(23)10-9-15(20(25)27)14-12-16(21(2,3)4)19(24)17(13-14)22(5,6)7;1-2-6(3-7,4-8)5-9/h3*12-13,15,24H,8-11H2,1-7H3,(H,25,27);7-9H,2-5H2,1H3. The fraction of sp³-hybridized carbons (Fsp3) is 0.667. The number of aromatic hydroxyl groups is 3. The average molecular weight is 1320 g/mol. The number of phenols is 3. The summed E-state index contributed by atoms with van der Waals surface area (Å²) in [4.78, 5) is 72.3. The molecular formula is C72H116O15S3. The van der Waals surface area contributed by atoms with Crippen LogP contribution in [0.3, 0.4) is 0 Å². The zero-order valence-electron chi connectivity index (χ0n) is 58.7. The molecule has 3 rings (SSSR count). The molecule has 0 aliphatic rings. The SMILES string of the molecule is CCC(CO)(CO)CO.CCCOC(=O)CCC(C(=O)S)c1cc(C(C)(C)C)c(O)c(C(C)(C)C)c1.CCCOC(=O)CCC(C(=O)S)c1cc(C(C)(C)C)c(O)c(C(C)(C)C)c1.CCCOC(=O)CCC(C(=O)S)c1cc(C(C)(C)C)c(O)c(C(C)(C)C)c1. The van der Waals surface area contributed by atoms with Gasteiger partial charge in [0.25, 0.3) is 0 Å². The molecule has 0 heterocycles. The van der Waals surface area contributed by atoms with Crippen LogP contribution >= 0.6 is 37.9 Å². The summed E-state index contributed by atoms with van der Waals surface area (Å²) in [5.41, 5.74) is 4.70. The molecule has 3 unspecified atom stereocenters. The van der Waals surface area contributed by atoms with Gasteiger partial charge in [0.1, 0.15) is 17.2 Å². The van der Waals surface area contributed by atoms with Gasteiger partial charge in [0.15, 0.2) is 15.3 Å². The van der Waals surface area contributed by atoms with E-state index in [9.17, 15) is 44.1 Å². The maximum atomic E-state index is 12.2. The van der Waals surface area contributed by atoms with Crippen LogP contribution in [-0.2, 0) is 75.5 Å². The molecule has 3 aromatic rings. The summed E-state index contributed by atoms with van der Waals surface area (Å²) in [6.07, 6.45) is 4.38. The summed E-state index contributed by atoms with van der Waals surface area (Å²) in [5, 5.41) is 57.6. The number of hydrogen-bond acceptors (Lipinski definition) is 15. The van der Waals surface area contributed by atoms with E-state index in [1.54, 1.807) is 0 Å². The quantitative estimate of drug-likeness (QED) is 0.0217. The second-order valence-corrected chi connectivity index (χ2v) is 31.0. The summed E-state index contributed by atoms with van der Waals surface area (Å²) < 4.78 is 15.4. The fourth-order valence-corrected chi connectivity index (χ4v) is 10.3. The van der Waals surface area contributed by atoms with E-state index in [2.05, 4.69) is 37.9 Å². The molecule has 0 spiro atoms. The van der Waals surface area contributed by atoms with Gasteiger partial charge in [-0.25, -0.2) is 0 Å². The van der Waals surface area contributed by atoms with E-state index in [1.165, 1.54) is 0 Å². The second-order valence-electron chi connectivity index (χ2n) is 29.7.